The summed E-state index contributed by atoms with van der Waals surface area (Å²) in [5.41, 5.74) is 7.39. The first-order chi connectivity index (χ1) is 16.0. The molecule has 5 heteroatoms. The van der Waals surface area contributed by atoms with E-state index in [9.17, 15) is 9.59 Å². The smallest absolute Gasteiger partial charge is 0.310 e. The van der Waals surface area contributed by atoms with Gasteiger partial charge in [0.15, 0.2) is 0 Å². The largest absolute Gasteiger partial charge is 0.481 e. The highest BCUT2D eigenvalue weighted by Crippen LogP contribution is 2.34. The molecular weight excluding hydrogens is 451 g/mol. The third-order valence-corrected chi connectivity index (χ3v) is 8.02. The zero-order valence-corrected chi connectivity index (χ0v) is 23.2. The van der Waals surface area contributed by atoms with E-state index in [1.807, 2.05) is 12.1 Å². The number of carboxylic acid groups (broad SMARTS) is 2. The van der Waals surface area contributed by atoms with Gasteiger partial charge in [0, 0.05) is 17.4 Å². The summed E-state index contributed by atoms with van der Waals surface area (Å²) in [5.74, 6) is 0.537. The van der Waals surface area contributed by atoms with Crippen LogP contribution < -0.4 is 0 Å². The number of fused-ring (bicyclic) bond motifs is 2. The number of carboxylic acids is 2. The van der Waals surface area contributed by atoms with E-state index >= 15 is 0 Å². The number of benzene rings is 2. The van der Waals surface area contributed by atoms with Gasteiger partial charge in [0.1, 0.15) is 0 Å². The maximum atomic E-state index is 11.0. The van der Waals surface area contributed by atoms with Gasteiger partial charge in [-0.1, -0.05) is 64.1 Å². The monoisotopic (exact) mass is 491 g/mol. The number of carbonyl (C=O) groups is 2. The van der Waals surface area contributed by atoms with E-state index in [1.54, 1.807) is 13.8 Å². The van der Waals surface area contributed by atoms with Gasteiger partial charge < -0.3 is 10.2 Å². The maximum absolute atomic E-state index is 11.0. The SMILES string of the molecule is CC(C(=O)O)c1ccc2c(c1)CC(C(C)C)C2.CC(C(=O)O)c1ccc2c(c1)CC(C(C)C)C2.[Al]. The van der Waals surface area contributed by atoms with Gasteiger partial charge in [0.2, 0.25) is 0 Å². The topological polar surface area (TPSA) is 74.6 Å². The second kappa shape index (κ2) is 12.2. The Hall–Kier alpha value is -2.09. The predicted octanol–water partition coefficient (Wildman–Crippen LogP) is 6.11. The maximum Gasteiger partial charge on any atom is 0.310 e. The Morgan fingerprint density at radius 1 is 0.629 bits per heavy atom. The van der Waals surface area contributed by atoms with Crippen LogP contribution in [0.4, 0.5) is 0 Å². The Morgan fingerprint density at radius 2 is 0.943 bits per heavy atom. The van der Waals surface area contributed by atoms with Gasteiger partial charge in [-0.3, -0.25) is 9.59 Å². The molecule has 0 heterocycles. The first kappa shape index (κ1) is 29.1. The van der Waals surface area contributed by atoms with Gasteiger partial charge in [0.05, 0.1) is 11.8 Å². The summed E-state index contributed by atoms with van der Waals surface area (Å²) in [4.78, 5) is 21.9. The van der Waals surface area contributed by atoms with Crippen LogP contribution in [0, 0.1) is 23.7 Å². The van der Waals surface area contributed by atoms with E-state index in [-0.39, 0.29) is 17.4 Å². The number of hydrogen-bond donors (Lipinski definition) is 2. The summed E-state index contributed by atoms with van der Waals surface area (Å²) in [7, 11) is 0. The van der Waals surface area contributed by atoms with Crippen LogP contribution in [0.5, 0.6) is 0 Å². The molecule has 0 saturated heterocycles. The summed E-state index contributed by atoms with van der Waals surface area (Å²) < 4.78 is 0. The molecule has 0 fully saturated rings. The Balaban J connectivity index is 0.000000240. The van der Waals surface area contributed by atoms with Crippen molar-refractivity contribution in [1.82, 2.24) is 0 Å². The summed E-state index contributed by atoms with van der Waals surface area (Å²) in [6.07, 6.45) is 4.50. The standard InChI is InChI=1S/2C15H20O2.Al/c2*1-9(2)13-7-12-5-4-11(6-14(12)8-13)10(3)15(16)17;/h2*4-6,9-10,13H,7-8H2,1-3H3,(H,16,17);. The lowest BCUT2D eigenvalue weighted by atomic mass is 9.93. The van der Waals surface area contributed by atoms with Crippen LogP contribution >= 0.6 is 0 Å². The van der Waals surface area contributed by atoms with Crippen molar-refractivity contribution in [2.24, 2.45) is 23.7 Å². The quantitative estimate of drug-likeness (QED) is 0.478. The van der Waals surface area contributed by atoms with Crippen molar-refractivity contribution in [3.63, 3.8) is 0 Å². The third-order valence-electron chi connectivity index (χ3n) is 8.02. The molecule has 4 rings (SSSR count). The Morgan fingerprint density at radius 3 is 1.23 bits per heavy atom. The molecule has 3 radical (unpaired) electrons. The van der Waals surface area contributed by atoms with E-state index in [0.29, 0.717) is 11.8 Å². The van der Waals surface area contributed by atoms with E-state index in [1.165, 1.54) is 22.3 Å². The number of aliphatic carboxylic acids is 2. The van der Waals surface area contributed by atoms with Gasteiger partial charge >= 0.3 is 11.9 Å². The third kappa shape index (κ3) is 6.99. The molecule has 0 saturated carbocycles. The van der Waals surface area contributed by atoms with Gasteiger partial charge in [-0.05, 0) is 96.6 Å². The van der Waals surface area contributed by atoms with Crippen LogP contribution in [0.3, 0.4) is 0 Å². The molecule has 4 atom stereocenters. The lowest BCUT2D eigenvalue weighted by Crippen LogP contribution is -2.08. The minimum atomic E-state index is -0.747. The minimum Gasteiger partial charge on any atom is -0.481 e. The van der Waals surface area contributed by atoms with Crippen molar-refractivity contribution >= 4 is 29.3 Å². The fourth-order valence-electron chi connectivity index (χ4n) is 5.11. The second-order valence-corrected chi connectivity index (χ2v) is 11.0. The van der Waals surface area contributed by atoms with E-state index < -0.39 is 23.8 Å². The lowest BCUT2D eigenvalue weighted by molar-refractivity contribution is -0.139. The Kier molecular flexibility index (Phi) is 10.2. The summed E-state index contributed by atoms with van der Waals surface area (Å²) in [6, 6.07) is 12.4. The molecule has 2 aromatic carbocycles. The number of rotatable bonds is 6. The van der Waals surface area contributed by atoms with Crippen molar-refractivity contribution in [2.75, 3.05) is 0 Å². The van der Waals surface area contributed by atoms with Crippen LogP contribution in [0.15, 0.2) is 36.4 Å². The molecule has 0 amide bonds. The summed E-state index contributed by atoms with van der Waals surface area (Å²) in [5, 5.41) is 18.0. The van der Waals surface area contributed by atoms with Crippen molar-refractivity contribution < 1.29 is 19.8 Å². The van der Waals surface area contributed by atoms with Gasteiger partial charge in [-0.2, -0.15) is 0 Å². The molecule has 2 aliphatic rings. The average molecular weight is 492 g/mol. The minimum absolute atomic E-state index is 0. The lowest BCUT2D eigenvalue weighted by Gasteiger charge is -2.12. The van der Waals surface area contributed by atoms with Crippen LogP contribution in [0.1, 0.15) is 86.8 Å². The van der Waals surface area contributed by atoms with E-state index in [0.717, 1.165) is 48.6 Å². The fraction of sp³-hybridized carbons (Fsp3) is 0.533. The first-order valence-corrected chi connectivity index (χ1v) is 12.7. The molecule has 35 heavy (non-hydrogen) atoms. The molecule has 2 aromatic rings. The van der Waals surface area contributed by atoms with Crippen LogP contribution in [-0.2, 0) is 35.3 Å². The highest BCUT2D eigenvalue weighted by Gasteiger charge is 2.26. The van der Waals surface area contributed by atoms with E-state index in [2.05, 4.69) is 52.0 Å². The molecule has 2 aliphatic carbocycles. The van der Waals surface area contributed by atoms with Crippen molar-refractivity contribution in [3.8, 4) is 0 Å². The van der Waals surface area contributed by atoms with Gasteiger partial charge in [-0.25, -0.2) is 0 Å². The molecule has 187 valence electrons. The van der Waals surface area contributed by atoms with Crippen molar-refractivity contribution in [3.05, 3.63) is 69.8 Å². The molecule has 2 N–H and O–H groups in total. The van der Waals surface area contributed by atoms with Gasteiger partial charge in [0.25, 0.3) is 0 Å². The molecule has 0 spiro atoms. The summed E-state index contributed by atoms with van der Waals surface area (Å²) in [6.45, 7) is 12.5. The predicted molar refractivity (Wildman–Crippen MR) is 142 cm³/mol. The zero-order valence-electron chi connectivity index (χ0n) is 22.0. The van der Waals surface area contributed by atoms with Crippen molar-refractivity contribution in [2.45, 2.75) is 79.1 Å². The number of hydrogen-bond acceptors (Lipinski definition) is 2. The van der Waals surface area contributed by atoms with E-state index in [4.69, 9.17) is 10.2 Å². The molecule has 0 aromatic heterocycles. The highest BCUT2D eigenvalue weighted by molar-refractivity contribution is 5.76. The van der Waals surface area contributed by atoms with Crippen LogP contribution in [0.25, 0.3) is 0 Å². The molecule has 4 unspecified atom stereocenters. The van der Waals surface area contributed by atoms with Crippen molar-refractivity contribution in [1.29, 1.82) is 0 Å². The average Bonchev–Trinajstić information content (AvgIpc) is 3.41. The first-order valence-electron chi connectivity index (χ1n) is 12.7. The molecule has 4 nitrogen and oxygen atoms in total. The Bertz CT molecular complexity index is 959. The fourth-order valence-corrected chi connectivity index (χ4v) is 5.11. The normalized spacial score (nSPS) is 19.8. The van der Waals surface area contributed by atoms with Crippen LogP contribution in [0.2, 0.25) is 0 Å². The van der Waals surface area contributed by atoms with Gasteiger partial charge in [-0.15, -0.1) is 0 Å². The molecular formula is C30H40AlO4. The zero-order chi connectivity index (χ0) is 25.2. The van der Waals surface area contributed by atoms with Crippen LogP contribution in [-0.4, -0.2) is 39.5 Å². The molecule has 0 bridgehead atoms. The molecule has 0 aliphatic heterocycles. The second-order valence-electron chi connectivity index (χ2n) is 11.0. The highest BCUT2D eigenvalue weighted by atomic mass is 27.0. The summed E-state index contributed by atoms with van der Waals surface area (Å²) >= 11 is 0. The Labute approximate surface area is 221 Å².